The molecule has 0 aliphatic heterocycles. The minimum atomic E-state index is -4.58. The number of amides is 1. The van der Waals surface area contributed by atoms with Crippen LogP contribution in [0.25, 0.3) is 0 Å². The Kier molecular flexibility index (Phi) is 8.14. The first kappa shape index (κ1) is 26.6. The van der Waals surface area contributed by atoms with Gasteiger partial charge in [-0.1, -0.05) is 6.07 Å². The van der Waals surface area contributed by atoms with E-state index in [4.69, 9.17) is 0 Å². The van der Waals surface area contributed by atoms with Gasteiger partial charge in [0.2, 0.25) is 5.96 Å². The van der Waals surface area contributed by atoms with Crippen LogP contribution < -0.4 is 10.6 Å². The van der Waals surface area contributed by atoms with E-state index < -0.39 is 39.1 Å². The summed E-state index contributed by atoms with van der Waals surface area (Å²) in [6, 6.07) is 6.50. The zero-order chi connectivity index (χ0) is 25.8. The van der Waals surface area contributed by atoms with Crippen molar-refractivity contribution in [2.45, 2.75) is 37.9 Å². The fraction of sp³-hybridized carbons (Fsp3) is 0.391. The fourth-order valence-electron chi connectivity index (χ4n) is 3.87. The van der Waals surface area contributed by atoms with E-state index in [0.29, 0.717) is 31.7 Å². The third-order valence-corrected chi connectivity index (χ3v) is 6.61. The highest BCUT2D eigenvalue weighted by Crippen LogP contribution is 2.31. The van der Waals surface area contributed by atoms with E-state index in [-0.39, 0.29) is 34.9 Å². The molecule has 1 aliphatic carbocycles. The van der Waals surface area contributed by atoms with Crippen LogP contribution in [0.15, 0.2) is 47.5 Å². The number of carbonyl (C=O) groups is 1. The van der Waals surface area contributed by atoms with Gasteiger partial charge in [-0.2, -0.15) is 13.2 Å². The Hall–Kier alpha value is -3.02. The van der Waals surface area contributed by atoms with E-state index in [1.165, 1.54) is 18.4 Å². The monoisotopic (exact) mass is 517 g/mol. The molecule has 2 N–H and O–H groups in total. The molecule has 0 heterocycles. The van der Waals surface area contributed by atoms with E-state index in [1.807, 2.05) is 0 Å². The van der Waals surface area contributed by atoms with Crippen molar-refractivity contribution in [2.24, 2.45) is 10.9 Å². The molecule has 2 aromatic rings. The number of carbonyl (C=O) groups excluding carboxylic acids is 1. The highest BCUT2D eigenvalue weighted by Gasteiger charge is 2.30. The predicted molar refractivity (Wildman–Crippen MR) is 122 cm³/mol. The molecule has 1 saturated carbocycles. The second-order valence-corrected chi connectivity index (χ2v) is 10.7. The minimum absolute atomic E-state index is 0.00919. The largest absolute Gasteiger partial charge is 0.416 e. The first-order valence-corrected chi connectivity index (χ1v) is 12.8. The number of aliphatic imine (C=N–C) groups is 1. The summed E-state index contributed by atoms with van der Waals surface area (Å²) in [5, 5.41) is 5.09. The average Bonchev–Trinajstić information content (AvgIpc) is 2.75. The summed E-state index contributed by atoms with van der Waals surface area (Å²) < 4.78 is 89.2. The Morgan fingerprint density at radius 3 is 2.31 bits per heavy atom. The van der Waals surface area contributed by atoms with Crippen molar-refractivity contribution in [1.82, 2.24) is 5.32 Å². The lowest BCUT2D eigenvalue weighted by Gasteiger charge is -2.26. The smallest absolute Gasteiger partial charge is 0.326 e. The van der Waals surface area contributed by atoms with Gasteiger partial charge in [-0.3, -0.25) is 10.1 Å². The molecule has 1 amide bonds. The molecule has 35 heavy (non-hydrogen) atoms. The lowest BCUT2D eigenvalue weighted by atomic mass is 9.87. The summed E-state index contributed by atoms with van der Waals surface area (Å²) >= 11 is 0. The van der Waals surface area contributed by atoms with Crippen LogP contribution in [0, 0.1) is 17.6 Å². The van der Waals surface area contributed by atoms with Crippen molar-refractivity contribution in [1.29, 1.82) is 0 Å². The number of alkyl halides is 3. The van der Waals surface area contributed by atoms with Crippen molar-refractivity contribution in [3.8, 4) is 0 Å². The summed E-state index contributed by atoms with van der Waals surface area (Å²) in [7, 11) is -3.13. The van der Waals surface area contributed by atoms with Crippen LogP contribution in [0.4, 0.5) is 27.6 Å². The van der Waals surface area contributed by atoms with Gasteiger partial charge in [-0.15, -0.1) is 0 Å². The fourth-order valence-corrected chi connectivity index (χ4v) is 5.06. The lowest BCUT2D eigenvalue weighted by molar-refractivity contribution is -0.137. The van der Waals surface area contributed by atoms with E-state index in [2.05, 4.69) is 15.6 Å². The molecule has 1 aliphatic rings. The summed E-state index contributed by atoms with van der Waals surface area (Å²) in [5.41, 5.74) is -1.11. The molecule has 1 fully saturated rings. The molecular weight excluding hydrogens is 493 g/mol. The molecule has 3 rings (SSSR count). The molecule has 0 radical (unpaired) electrons. The molecule has 0 saturated heterocycles. The quantitative estimate of drug-likeness (QED) is 0.339. The topological polar surface area (TPSA) is 87.6 Å². The molecule has 0 bridgehead atoms. The number of rotatable bonds is 5. The molecule has 2 aromatic carbocycles. The predicted octanol–water partition coefficient (Wildman–Crippen LogP) is 4.78. The van der Waals surface area contributed by atoms with Crippen molar-refractivity contribution in [3.05, 3.63) is 65.2 Å². The van der Waals surface area contributed by atoms with Gasteiger partial charge in [-0.05, 0) is 68.0 Å². The van der Waals surface area contributed by atoms with Crippen molar-refractivity contribution < 1.29 is 35.2 Å². The highest BCUT2D eigenvalue weighted by atomic mass is 32.2. The lowest BCUT2D eigenvalue weighted by Crippen LogP contribution is -2.37. The molecular formula is C23H24F5N3O3S. The van der Waals surface area contributed by atoms with Crippen molar-refractivity contribution >= 4 is 27.4 Å². The average molecular weight is 518 g/mol. The second-order valence-electron chi connectivity index (χ2n) is 8.53. The third kappa shape index (κ3) is 8.01. The maximum Gasteiger partial charge on any atom is 0.416 e. The van der Waals surface area contributed by atoms with Crippen LogP contribution >= 0.6 is 0 Å². The number of anilines is 1. The van der Waals surface area contributed by atoms with Crippen LogP contribution in [0.5, 0.6) is 0 Å². The van der Waals surface area contributed by atoms with Crippen LogP contribution in [0.2, 0.25) is 0 Å². The van der Waals surface area contributed by atoms with Gasteiger partial charge in [0, 0.05) is 17.5 Å². The summed E-state index contributed by atoms with van der Waals surface area (Å²) in [4.78, 5) is 17.1. The normalized spacial score (nSPS) is 19.3. The van der Waals surface area contributed by atoms with Crippen LogP contribution in [-0.4, -0.2) is 38.3 Å². The van der Waals surface area contributed by atoms with Crippen molar-refractivity contribution in [3.63, 3.8) is 0 Å². The molecule has 0 unspecified atom stereocenters. The number of hydrogen-bond donors (Lipinski definition) is 2. The number of guanidine groups is 1. The molecule has 0 aromatic heterocycles. The summed E-state index contributed by atoms with van der Waals surface area (Å²) in [6.45, 7) is 0. The van der Waals surface area contributed by atoms with E-state index in [9.17, 15) is 35.2 Å². The zero-order valence-electron chi connectivity index (χ0n) is 18.7. The zero-order valence-corrected chi connectivity index (χ0v) is 19.5. The number of sulfone groups is 1. The van der Waals surface area contributed by atoms with Gasteiger partial charge in [-0.25, -0.2) is 22.2 Å². The third-order valence-electron chi connectivity index (χ3n) is 5.53. The molecule has 0 atom stereocenters. The molecule has 0 spiro atoms. The van der Waals surface area contributed by atoms with Crippen LogP contribution in [-0.2, 0) is 16.0 Å². The molecule has 12 heteroatoms. The highest BCUT2D eigenvalue weighted by molar-refractivity contribution is 7.90. The van der Waals surface area contributed by atoms with Gasteiger partial charge in [0.1, 0.15) is 9.84 Å². The molecule has 6 nitrogen and oxygen atoms in total. The minimum Gasteiger partial charge on any atom is -0.326 e. The van der Waals surface area contributed by atoms with E-state index in [0.717, 1.165) is 24.3 Å². The van der Waals surface area contributed by atoms with Gasteiger partial charge in [0.15, 0.2) is 11.6 Å². The maximum atomic E-state index is 13.6. The summed E-state index contributed by atoms with van der Waals surface area (Å²) in [6.07, 6.45) is -1.24. The number of nitrogens with one attached hydrogen (secondary N) is 2. The van der Waals surface area contributed by atoms with Gasteiger partial charge in [0.05, 0.1) is 17.4 Å². The van der Waals surface area contributed by atoms with E-state index in [1.54, 1.807) is 0 Å². The Morgan fingerprint density at radius 1 is 1.03 bits per heavy atom. The summed E-state index contributed by atoms with van der Waals surface area (Å²) in [5.74, 6) is -3.33. The first-order valence-electron chi connectivity index (χ1n) is 10.8. The Balaban J connectivity index is 1.81. The van der Waals surface area contributed by atoms with Crippen molar-refractivity contribution in [2.75, 3.05) is 17.3 Å². The Bertz CT molecular complexity index is 1210. The standard InChI is InChI=1S/C23H24F5N3O3S/c1-35(33,34)13-14-5-8-17(9-6-14)29-22(30-18-4-2-3-16(12-18)23(26,27)28)31-21(32)15-7-10-19(24)20(25)11-15/h2-4,7,10-12,14,17H,5-6,8-9,13H2,1H3,(H2,29,30,31,32). The Morgan fingerprint density at radius 2 is 1.71 bits per heavy atom. The van der Waals surface area contributed by atoms with Gasteiger partial charge < -0.3 is 5.32 Å². The van der Waals surface area contributed by atoms with Crippen LogP contribution in [0.1, 0.15) is 41.6 Å². The second kappa shape index (κ2) is 10.7. The molecule has 190 valence electrons. The number of hydrogen-bond acceptors (Lipinski definition) is 4. The SMILES string of the molecule is CS(=O)(=O)CC1CCC(N=C(NC(=O)c2ccc(F)c(F)c2)Nc2cccc(C(F)(F)F)c2)CC1. The van der Waals surface area contributed by atoms with E-state index >= 15 is 0 Å². The first-order chi connectivity index (χ1) is 16.3. The number of benzene rings is 2. The number of halogens is 5. The number of nitrogens with zero attached hydrogens (tertiary/aromatic N) is 1. The Labute approximate surface area is 199 Å². The van der Waals surface area contributed by atoms with Gasteiger partial charge >= 0.3 is 6.18 Å². The van der Waals surface area contributed by atoms with Crippen LogP contribution in [0.3, 0.4) is 0 Å². The van der Waals surface area contributed by atoms with Gasteiger partial charge in [0.25, 0.3) is 5.91 Å². The maximum absolute atomic E-state index is 13.6.